The van der Waals surface area contributed by atoms with Gasteiger partial charge in [0.15, 0.2) is 0 Å². The molecular formula is C14H18O3S. The number of carboxylic acid groups (broad SMARTS) is 1. The van der Waals surface area contributed by atoms with Gasteiger partial charge < -0.3 is 9.84 Å². The van der Waals surface area contributed by atoms with Gasteiger partial charge in [-0.05, 0) is 42.4 Å². The summed E-state index contributed by atoms with van der Waals surface area (Å²) >= 11 is 1.91. The van der Waals surface area contributed by atoms with Crippen molar-refractivity contribution in [1.82, 2.24) is 0 Å². The Bertz CT molecular complexity index is 374. The molecule has 18 heavy (non-hydrogen) atoms. The molecule has 1 aromatic carbocycles. The molecule has 1 N–H and O–H groups in total. The molecule has 2 rings (SSSR count). The van der Waals surface area contributed by atoms with Gasteiger partial charge in [0, 0.05) is 0 Å². The van der Waals surface area contributed by atoms with Crippen molar-refractivity contribution in [2.75, 3.05) is 18.1 Å². The van der Waals surface area contributed by atoms with Crippen molar-refractivity contribution in [2.45, 2.75) is 12.8 Å². The Balaban J connectivity index is 1.92. The van der Waals surface area contributed by atoms with Gasteiger partial charge in [-0.3, -0.25) is 4.79 Å². The van der Waals surface area contributed by atoms with Crippen LogP contribution in [-0.4, -0.2) is 29.2 Å². The first-order chi connectivity index (χ1) is 8.77. The van der Waals surface area contributed by atoms with E-state index in [9.17, 15) is 9.90 Å². The summed E-state index contributed by atoms with van der Waals surface area (Å²) in [6, 6.07) is 9.41. The third kappa shape index (κ3) is 3.67. The van der Waals surface area contributed by atoms with Crippen LogP contribution in [0, 0.1) is 11.8 Å². The number of carboxylic acids is 1. The van der Waals surface area contributed by atoms with Gasteiger partial charge in [-0.2, -0.15) is 11.8 Å². The van der Waals surface area contributed by atoms with Crippen LogP contribution in [0.4, 0.5) is 0 Å². The van der Waals surface area contributed by atoms with E-state index in [2.05, 4.69) is 0 Å². The zero-order valence-corrected chi connectivity index (χ0v) is 11.1. The molecule has 0 bridgehead atoms. The van der Waals surface area contributed by atoms with E-state index in [-0.39, 0.29) is 18.4 Å². The van der Waals surface area contributed by atoms with Gasteiger partial charge in [0.05, 0.1) is 5.92 Å². The number of benzene rings is 1. The average Bonchev–Trinajstić information content (AvgIpc) is 2.41. The average molecular weight is 266 g/mol. The minimum atomic E-state index is -0.733. The molecule has 0 saturated carbocycles. The molecular weight excluding hydrogens is 248 g/mol. The Kier molecular flexibility index (Phi) is 4.93. The standard InChI is InChI=1S/C14H18O3S/c15-14(16)13(11-6-8-18-9-7-11)10-17-12-4-2-1-3-5-12/h1-5,11,13H,6-10H2,(H,15,16). The van der Waals surface area contributed by atoms with Gasteiger partial charge in [-0.25, -0.2) is 0 Å². The van der Waals surface area contributed by atoms with Crippen LogP contribution in [0.5, 0.6) is 5.75 Å². The molecule has 1 fully saturated rings. The van der Waals surface area contributed by atoms with E-state index in [4.69, 9.17) is 4.74 Å². The van der Waals surface area contributed by atoms with Gasteiger partial charge in [0.1, 0.15) is 12.4 Å². The molecule has 0 radical (unpaired) electrons. The summed E-state index contributed by atoms with van der Waals surface area (Å²) in [6.07, 6.45) is 1.97. The maximum absolute atomic E-state index is 11.3. The molecule has 1 atom stereocenters. The molecule has 1 aliphatic heterocycles. The summed E-state index contributed by atoms with van der Waals surface area (Å²) in [5.74, 6) is 2.02. The number of para-hydroxylation sites is 1. The molecule has 0 spiro atoms. The number of ether oxygens (including phenoxy) is 1. The van der Waals surface area contributed by atoms with Crippen LogP contribution in [0.25, 0.3) is 0 Å². The SMILES string of the molecule is O=C(O)C(COc1ccccc1)C1CCSCC1. The van der Waals surface area contributed by atoms with Crippen molar-refractivity contribution in [3.8, 4) is 5.75 Å². The van der Waals surface area contributed by atoms with E-state index >= 15 is 0 Å². The number of aliphatic carboxylic acids is 1. The Morgan fingerprint density at radius 3 is 2.61 bits per heavy atom. The molecule has 1 aromatic rings. The quantitative estimate of drug-likeness (QED) is 0.890. The highest BCUT2D eigenvalue weighted by molar-refractivity contribution is 7.99. The molecule has 1 aliphatic rings. The molecule has 98 valence electrons. The molecule has 1 heterocycles. The van der Waals surface area contributed by atoms with Gasteiger partial charge in [-0.15, -0.1) is 0 Å². The second kappa shape index (κ2) is 6.69. The zero-order valence-electron chi connectivity index (χ0n) is 10.2. The lowest BCUT2D eigenvalue weighted by Gasteiger charge is -2.27. The summed E-state index contributed by atoms with van der Waals surface area (Å²) in [5, 5.41) is 9.32. The summed E-state index contributed by atoms with van der Waals surface area (Å²) in [7, 11) is 0. The topological polar surface area (TPSA) is 46.5 Å². The fourth-order valence-electron chi connectivity index (χ4n) is 2.23. The number of carbonyl (C=O) groups is 1. The zero-order chi connectivity index (χ0) is 12.8. The Labute approximate surface area is 112 Å². The second-order valence-corrected chi connectivity index (χ2v) is 5.74. The number of hydrogen-bond donors (Lipinski definition) is 1. The van der Waals surface area contributed by atoms with Crippen LogP contribution in [0.1, 0.15) is 12.8 Å². The first-order valence-electron chi connectivity index (χ1n) is 6.26. The lowest BCUT2D eigenvalue weighted by molar-refractivity contribution is -0.145. The molecule has 0 amide bonds. The van der Waals surface area contributed by atoms with E-state index in [0.717, 1.165) is 30.1 Å². The lowest BCUT2D eigenvalue weighted by atomic mass is 9.88. The first kappa shape index (κ1) is 13.3. The Hall–Kier alpha value is -1.16. The fraction of sp³-hybridized carbons (Fsp3) is 0.500. The van der Waals surface area contributed by atoms with Crippen molar-refractivity contribution in [1.29, 1.82) is 0 Å². The number of hydrogen-bond acceptors (Lipinski definition) is 3. The highest BCUT2D eigenvalue weighted by Gasteiger charge is 2.30. The van der Waals surface area contributed by atoms with Gasteiger partial charge in [0.25, 0.3) is 0 Å². The molecule has 1 saturated heterocycles. The maximum atomic E-state index is 11.3. The highest BCUT2D eigenvalue weighted by atomic mass is 32.2. The molecule has 4 heteroatoms. The van der Waals surface area contributed by atoms with Crippen molar-refractivity contribution < 1.29 is 14.6 Å². The summed E-state index contributed by atoms with van der Waals surface area (Å²) in [5.41, 5.74) is 0. The molecule has 1 unspecified atom stereocenters. The van der Waals surface area contributed by atoms with E-state index < -0.39 is 5.97 Å². The first-order valence-corrected chi connectivity index (χ1v) is 7.41. The van der Waals surface area contributed by atoms with E-state index in [1.165, 1.54) is 0 Å². The van der Waals surface area contributed by atoms with Crippen LogP contribution >= 0.6 is 11.8 Å². The third-order valence-electron chi connectivity index (χ3n) is 3.32. The Morgan fingerprint density at radius 1 is 1.33 bits per heavy atom. The van der Waals surface area contributed by atoms with Gasteiger partial charge in [0.2, 0.25) is 0 Å². The second-order valence-electron chi connectivity index (χ2n) is 4.52. The van der Waals surface area contributed by atoms with Gasteiger partial charge in [-0.1, -0.05) is 18.2 Å². The summed E-state index contributed by atoms with van der Waals surface area (Å²) in [4.78, 5) is 11.3. The van der Waals surface area contributed by atoms with E-state index in [1.54, 1.807) is 0 Å². The number of thioether (sulfide) groups is 1. The van der Waals surface area contributed by atoms with Crippen LogP contribution < -0.4 is 4.74 Å². The minimum Gasteiger partial charge on any atom is -0.493 e. The monoisotopic (exact) mass is 266 g/mol. The minimum absolute atomic E-state index is 0.257. The third-order valence-corrected chi connectivity index (χ3v) is 4.37. The molecule has 0 aromatic heterocycles. The van der Waals surface area contributed by atoms with Crippen LogP contribution in [-0.2, 0) is 4.79 Å². The predicted octanol–water partition coefficient (Wildman–Crippen LogP) is 2.91. The summed E-state index contributed by atoms with van der Waals surface area (Å²) in [6.45, 7) is 0.272. The molecule has 0 aliphatic carbocycles. The maximum Gasteiger partial charge on any atom is 0.310 e. The lowest BCUT2D eigenvalue weighted by Crippen LogP contribution is -2.31. The fourth-order valence-corrected chi connectivity index (χ4v) is 3.37. The Morgan fingerprint density at radius 2 is 2.00 bits per heavy atom. The van der Waals surface area contributed by atoms with Crippen LogP contribution in [0.3, 0.4) is 0 Å². The van der Waals surface area contributed by atoms with E-state index in [1.807, 2.05) is 42.1 Å². The largest absolute Gasteiger partial charge is 0.493 e. The predicted molar refractivity (Wildman–Crippen MR) is 73.1 cm³/mol. The number of rotatable bonds is 5. The molecule has 3 nitrogen and oxygen atoms in total. The summed E-state index contributed by atoms with van der Waals surface area (Å²) < 4.78 is 5.60. The normalized spacial score (nSPS) is 18.2. The van der Waals surface area contributed by atoms with Crippen LogP contribution in [0.2, 0.25) is 0 Å². The van der Waals surface area contributed by atoms with Crippen molar-refractivity contribution >= 4 is 17.7 Å². The van der Waals surface area contributed by atoms with Crippen LogP contribution in [0.15, 0.2) is 30.3 Å². The van der Waals surface area contributed by atoms with Gasteiger partial charge >= 0.3 is 5.97 Å². The van der Waals surface area contributed by atoms with E-state index in [0.29, 0.717) is 0 Å². The van der Waals surface area contributed by atoms with Crippen molar-refractivity contribution in [3.05, 3.63) is 30.3 Å². The smallest absolute Gasteiger partial charge is 0.310 e. The highest BCUT2D eigenvalue weighted by Crippen LogP contribution is 2.29. The van der Waals surface area contributed by atoms with Crippen molar-refractivity contribution in [2.24, 2.45) is 11.8 Å². The van der Waals surface area contributed by atoms with Crippen molar-refractivity contribution in [3.63, 3.8) is 0 Å².